The Morgan fingerprint density at radius 2 is 2.06 bits per heavy atom. The molecule has 0 saturated heterocycles. The predicted molar refractivity (Wildman–Crippen MR) is 73.9 cm³/mol. The fraction of sp³-hybridized carbons (Fsp3) is 0.429. The zero-order chi connectivity index (χ0) is 13.3. The van der Waals surface area contributed by atoms with Crippen molar-refractivity contribution in [2.24, 2.45) is 11.7 Å². The maximum absolute atomic E-state index is 11.6. The Balaban J connectivity index is 2.43. The number of hydrogen-bond acceptors (Lipinski definition) is 3. The summed E-state index contributed by atoms with van der Waals surface area (Å²) in [5.74, 6) is 0.660. The van der Waals surface area contributed by atoms with Crippen LogP contribution in [0.15, 0.2) is 29.2 Å². The lowest BCUT2D eigenvalue weighted by molar-refractivity contribution is 0.601. The molecule has 98 valence electrons. The Morgan fingerprint density at radius 1 is 1.39 bits per heavy atom. The molecule has 1 aliphatic carbocycles. The number of rotatable bonds is 4. The highest BCUT2D eigenvalue weighted by molar-refractivity contribution is 7.90. The third-order valence-corrected chi connectivity index (χ3v) is 4.26. The Bertz CT molecular complexity index is 569. The van der Waals surface area contributed by atoms with Crippen LogP contribution in [0.1, 0.15) is 36.9 Å². The van der Waals surface area contributed by atoms with E-state index in [0.29, 0.717) is 10.8 Å². The van der Waals surface area contributed by atoms with Gasteiger partial charge in [-0.15, -0.1) is 0 Å². The van der Waals surface area contributed by atoms with Crippen LogP contribution in [0.25, 0.3) is 6.08 Å². The molecule has 18 heavy (non-hydrogen) atoms. The first-order valence-electron chi connectivity index (χ1n) is 6.15. The first-order valence-corrected chi connectivity index (χ1v) is 8.05. The van der Waals surface area contributed by atoms with Crippen molar-refractivity contribution < 1.29 is 8.42 Å². The molecule has 0 unspecified atom stereocenters. The van der Waals surface area contributed by atoms with Crippen LogP contribution in [0.3, 0.4) is 0 Å². The van der Waals surface area contributed by atoms with E-state index in [1.165, 1.54) is 19.1 Å². The molecule has 1 aromatic carbocycles. The standard InChI is InChI=1S/C14H19NO2S/c1-10(15)14-8-7-13(18(2,16)17)9-12(14)6-5-11-3-4-11/h5-11H,3-4,15H2,1-2H3/b6-5+/t10-/m0/s1. The molecule has 1 aliphatic rings. The zero-order valence-electron chi connectivity index (χ0n) is 10.8. The molecular formula is C14H19NO2S. The Kier molecular flexibility index (Phi) is 3.59. The molecule has 1 aromatic rings. The van der Waals surface area contributed by atoms with Crippen molar-refractivity contribution in [3.63, 3.8) is 0 Å². The minimum Gasteiger partial charge on any atom is -0.324 e. The quantitative estimate of drug-likeness (QED) is 0.910. The highest BCUT2D eigenvalue weighted by Crippen LogP contribution is 2.32. The van der Waals surface area contributed by atoms with Crippen LogP contribution in [0.4, 0.5) is 0 Å². The molecule has 0 spiro atoms. The van der Waals surface area contributed by atoms with E-state index in [0.717, 1.165) is 11.1 Å². The van der Waals surface area contributed by atoms with E-state index >= 15 is 0 Å². The van der Waals surface area contributed by atoms with Gasteiger partial charge in [-0.05, 0) is 48.9 Å². The maximum atomic E-state index is 11.6. The second kappa shape index (κ2) is 4.86. The number of nitrogens with two attached hydrogens (primary N) is 1. The summed E-state index contributed by atoms with van der Waals surface area (Å²) in [5.41, 5.74) is 7.81. The molecule has 0 bridgehead atoms. The van der Waals surface area contributed by atoms with Gasteiger partial charge in [-0.3, -0.25) is 0 Å². The number of benzene rings is 1. The van der Waals surface area contributed by atoms with Gasteiger partial charge < -0.3 is 5.73 Å². The summed E-state index contributed by atoms with van der Waals surface area (Å²) in [7, 11) is -3.17. The zero-order valence-corrected chi connectivity index (χ0v) is 11.6. The first-order chi connectivity index (χ1) is 8.38. The minimum absolute atomic E-state index is 0.0996. The molecule has 1 atom stereocenters. The lowest BCUT2D eigenvalue weighted by Gasteiger charge is -2.11. The van der Waals surface area contributed by atoms with Crippen molar-refractivity contribution in [1.29, 1.82) is 0 Å². The van der Waals surface area contributed by atoms with E-state index in [1.54, 1.807) is 12.1 Å². The topological polar surface area (TPSA) is 60.2 Å². The molecule has 3 nitrogen and oxygen atoms in total. The van der Waals surface area contributed by atoms with Gasteiger partial charge in [-0.1, -0.05) is 18.2 Å². The van der Waals surface area contributed by atoms with Gasteiger partial charge in [0.2, 0.25) is 0 Å². The Labute approximate surface area is 109 Å². The van der Waals surface area contributed by atoms with Crippen molar-refractivity contribution in [3.8, 4) is 0 Å². The van der Waals surface area contributed by atoms with Gasteiger partial charge in [0.25, 0.3) is 0 Å². The molecule has 0 heterocycles. The summed E-state index contributed by atoms with van der Waals surface area (Å²) >= 11 is 0. The lowest BCUT2D eigenvalue weighted by atomic mass is 10.0. The predicted octanol–water partition coefficient (Wildman–Crippen LogP) is 2.53. The first kappa shape index (κ1) is 13.3. The van der Waals surface area contributed by atoms with Gasteiger partial charge in [0.05, 0.1) is 4.90 Å². The van der Waals surface area contributed by atoms with E-state index in [9.17, 15) is 8.42 Å². The van der Waals surface area contributed by atoms with Gasteiger partial charge in [-0.2, -0.15) is 0 Å². The Morgan fingerprint density at radius 3 is 2.56 bits per heavy atom. The van der Waals surface area contributed by atoms with Gasteiger partial charge in [-0.25, -0.2) is 8.42 Å². The van der Waals surface area contributed by atoms with Gasteiger partial charge in [0, 0.05) is 12.3 Å². The van der Waals surface area contributed by atoms with Crippen LogP contribution >= 0.6 is 0 Å². The molecule has 0 aromatic heterocycles. The van der Waals surface area contributed by atoms with Crippen LogP contribution in [-0.4, -0.2) is 14.7 Å². The summed E-state index contributed by atoms with van der Waals surface area (Å²) in [6.45, 7) is 1.91. The molecule has 2 rings (SSSR count). The second-order valence-corrected chi connectivity index (χ2v) is 7.06. The minimum atomic E-state index is -3.17. The molecule has 4 heteroatoms. The molecule has 2 N–H and O–H groups in total. The molecule has 0 aliphatic heterocycles. The second-order valence-electron chi connectivity index (χ2n) is 5.05. The lowest BCUT2D eigenvalue weighted by Crippen LogP contribution is -2.08. The van der Waals surface area contributed by atoms with E-state index in [4.69, 9.17) is 5.73 Å². The third kappa shape index (κ3) is 3.21. The summed E-state index contributed by atoms with van der Waals surface area (Å²) in [4.78, 5) is 0.349. The highest BCUT2D eigenvalue weighted by Gasteiger charge is 2.18. The van der Waals surface area contributed by atoms with Crippen LogP contribution < -0.4 is 5.73 Å². The number of allylic oxidation sites excluding steroid dienone is 1. The van der Waals surface area contributed by atoms with E-state index < -0.39 is 9.84 Å². The average Bonchev–Trinajstić information content (AvgIpc) is 3.08. The molecule has 0 radical (unpaired) electrons. The van der Waals surface area contributed by atoms with E-state index in [-0.39, 0.29) is 6.04 Å². The van der Waals surface area contributed by atoms with Gasteiger partial charge in [0.15, 0.2) is 9.84 Å². The number of hydrogen-bond donors (Lipinski definition) is 1. The largest absolute Gasteiger partial charge is 0.324 e. The molecular weight excluding hydrogens is 246 g/mol. The van der Waals surface area contributed by atoms with Crippen molar-refractivity contribution in [3.05, 3.63) is 35.4 Å². The monoisotopic (exact) mass is 265 g/mol. The van der Waals surface area contributed by atoms with E-state index in [2.05, 4.69) is 6.08 Å². The maximum Gasteiger partial charge on any atom is 0.175 e. The van der Waals surface area contributed by atoms with Crippen LogP contribution in [0.2, 0.25) is 0 Å². The van der Waals surface area contributed by atoms with Crippen molar-refractivity contribution in [2.75, 3.05) is 6.26 Å². The fourth-order valence-electron chi connectivity index (χ4n) is 1.87. The van der Waals surface area contributed by atoms with Crippen LogP contribution in [-0.2, 0) is 9.84 Å². The highest BCUT2D eigenvalue weighted by atomic mass is 32.2. The summed E-state index contributed by atoms with van der Waals surface area (Å²) in [6, 6.07) is 5.06. The van der Waals surface area contributed by atoms with Crippen LogP contribution in [0, 0.1) is 5.92 Å². The van der Waals surface area contributed by atoms with E-state index in [1.807, 2.05) is 19.1 Å². The van der Waals surface area contributed by atoms with Gasteiger partial charge >= 0.3 is 0 Å². The molecule has 1 saturated carbocycles. The van der Waals surface area contributed by atoms with Crippen molar-refractivity contribution >= 4 is 15.9 Å². The fourth-order valence-corrected chi connectivity index (χ4v) is 2.53. The Hall–Kier alpha value is -1.13. The average molecular weight is 265 g/mol. The SMILES string of the molecule is C[C@H](N)c1ccc(S(C)(=O)=O)cc1/C=C/C1CC1. The number of sulfone groups is 1. The summed E-state index contributed by atoms with van der Waals surface area (Å²) in [6.07, 6.45) is 7.84. The third-order valence-electron chi connectivity index (χ3n) is 3.15. The van der Waals surface area contributed by atoms with Crippen LogP contribution in [0.5, 0.6) is 0 Å². The van der Waals surface area contributed by atoms with Gasteiger partial charge in [0.1, 0.15) is 0 Å². The molecule has 0 amide bonds. The van der Waals surface area contributed by atoms with Crippen molar-refractivity contribution in [1.82, 2.24) is 0 Å². The molecule has 1 fully saturated rings. The summed E-state index contributed by atoms with van der Waals surface area (Å²) < 4.78 is 23.1. The van der Waals surface area contributed by atoms with Crippen molar-refractivity contribution in [2.45, 2.75) is 30.7 Å². The summed E-state index contributed by atoms with van der Waals surface area (Å²) in [5, 5.41) is 0. The normalized spacial score (nSPS) is 18.2. The smallest absolute Gasteiger partial charge is 0.175 e.